The molecule has 0 spiro atoms. The first-order valence-corrected chi connectivity index (χ1v) is 7.71. The van der Waals surface area contributed by atoms with Gasteiger partial charge in [0.1, 0.15) is 13.2 Å². The summed E-state index contributed by atoms with van der Waals surface area (Å²) in [6, 6.07) is 6.65. The molecule has 0 saturated carbocycles. The van der Waals surface area contributed by atoms with E-state index in [1.807, 2.05) is 12.1 Å². The molecule has 5 nitrogen and oxygen atoms in total. The van der Waals surface area contributed by atoms with E-state index in [4.69, 9.17) is 15.2 Å². The van der Waals surface area contributed by atoms with Gasteiger partial charge in [-0.15, -0.1) is 0 Å². The van der Waals surface area contributed by atoms with Crippen molar-refractivity contribution in [1.82, 2.24) is 9.80 Å². The van der Waals surface area contributed by atoms with Crippen LogP contribution in [0.2, 0.25) is 0 Å². The normalized spacial score (nSPS) is 24.8. The lowest BCUT2D eigenvalue weighted by Crippen LogP contribution is -2.51. The Morgan fingerprint density at radius 3 is 2.76 bits per heavy atom. The molecule has 0 amide bonds. The average Bonchev–Trinajstić information content (AvgIpc) is 2.50. The maximum atomic E-state index is 6.39. The van der Waals surface area contributed by atoms with Crippen LogP contribution >= 0.6 is 0 Å². The molecule has 2 aliphatic rings. The average molecular weight is 291 g/mol. The third kappa shape index (κ3) is 3.31. The van der Waals surface area contributed by atoms with Gasteiger partial charge in [-0.25, -0.2) is 0 Å². The summed E-state index contributed by atoms with van der Waals surface area (Å²) in [7, 11) is 2.18. The van der Waals surface area contributed by atoms with Gasteiger partial charge in [0.2, 0.25) is 0 Å². The van der Waals surface area contributed by atoms with E-state index in [0.29, 0.717) is 19.3 Å². The van der Waals surface area contributed by atoms with Crippen molar-refractivity contribution in [2.45, 2.75) is 19.0 Å². The van der Waals surface area contributed by atoms with Gasteiger partial charge in [-0.2, -0.15) is 0 Å². The summed E-state index contributed by atoms with van der Waals surface area (Å²) in [4.78, 5) is 4.85. The molecule has 3 rings (SSSR count). The number of piperazine rings is 1. The Bertz CT molecular complexity index is 494. The van der Waals surface area contributed by atoms with Crippen LogP contribution in [0.3, 0.4) is 0 Å². The van der Waals surface area contributed by atoms with Crippen LogP contribution in [-0.4, -0.2) is 62.3 Å². The number of nitrogens with zero attached hydrogens (tertiary/aromatic N) is 2. The van der Waals surface area contributed by atoms with Crippen molar-refractivity contribution in [3.63, 3.8) is 0 Å². The number of hydrogen-bond acceptors (Lipinski definition) is 5. The van der Waals surface area contributed by atoms with Gasteiger partial charge in [0, 0.05) is 38.3 Å². The minimum atomic E-state index is 0.0106. The second kappa shape index (κ2) is 6.22. The van der Waals surface area contributed by atoms with Gasteiger partial charge in [0.15, 0.2) is 11.5 Å². The number of likely N-dealkylation sites (N-methyl/N-ethyl adjacent to an activating group) is 1. The van der Waals surface area contributed by atoms with Crippen LogP contribution in [0.1, 0.15) is 18.5 Å². The van der Waals surface area contributed by atoms with E-state index in [1.54, 1.807) is 0 Å². The molecule has 21 heavy (non-hydrogen) atoms. The molecule has 0 bridgehead atoms. The van der Waals surface area contributed by atoms with Gasteiger partial charge < -0.3 is 20.1 Å². The molecular weight excluding hydrogens is 266 g/mol. The van der Waals surface area contributed by atoms with Crippen LogP contribution in [0, 0.1) is 0 Å². The lowest BCUT2D eigenvalue weighted by molar-refractivity contribution is 0.100. The molecule has 5 heteroatoms. The molecule has 2 heterocycles. The zero-order valence-corrected chi connectivity index (χ0v) is 12.9. The molecule has 116 valence electrons. The molecule has 2 aliphatic heterocycles. The predicted octanol–water partition coefficient (Wildman–Crippen LogP) is 1.09. The number of hydrogen-bond donors (Lipinski definition) is 1. The van der Waals surface area contributed by atoms with E-state index in [9.17, 15) is 0 Å². The van der Waals surface area contributed by atoms with Crippen LogP contribution in [0.15, 0.2) is 18.2 Å². The first kappa shape index (κ1) is 14.6. The summed E-state index contributed by atoms with van der Waals surface area (Å²) in [6.07, 6.45) is 0. The van der Waals surface area contributed by atoms with Gasteiger partial charge in [-0.3, -0.25) is 4.90 Å². The van der Waals surface area contributed by atoms with Crippen molar-refractivity contribution < 1.29 is 9.47 Å². The quantitative estimate of drug-likeness (QED) is 0.903. The number of fused-ring (bicyclic) bond motifs is 1. The van der Waals surface area contributed by atoms with Gasteiger partial charge in [0.25, 0.3) is 0 Å². The van der Waals surface area contributed by atoms with Crippen molar-refractivity contribution in [3.05, 3.63) is 23.8 Å². The summed E-state index contributed by atoms with van der Waals surface area (Å²) >= 11 is 0. The Kier molecular flexibility index (Phi) is 4.33. The third-order valence-corrected chi connectivity index (χ3v) is 4.49. The predicted molar refractivity (Wildman–Crippen MR) is 82.9 cm³/mol. The van der Waals surface area contributed by atoms with E-state index >= 15 is 0 Å². The number of benzene rings is 1. The standard InChI is InChI=1S/C16H25N3O2/c1-12-10-19(6-5-18(12)2)11-14(17)13-3-4-15-16(9-13)21-8-7-20-15/h3-4,9,12,14H,5-8,10-11,17H2,1-2H3. The Balaban J connectivity index is 1.64. The fourth-order valence-corrected chi connectivity index (χ4v) is 2.96. The van der Waals surface area contributed by atoms with E-state index < -0.39 is 0 Å². The lowest BCUT2D eigenvalue weighted by atomic mass is 10.1. The summed E-state index contributed by atoms with van der Waals surface area (Å²) in [5.74, 6) is 1.64. The molecule has 2 unspecified atom stereocenters. The molecule has 2 N–H and O–H groups in total. The smallest absolute Gasteiger partial charge is 0.161 e. The molecule has 0 radical (unpaired) electrons. The molecule has 1 saturated heterocycles. The Labute approximate surface area is 126 Å². The summed E-state index contributed by atoms with van der Waals surface area (Å²) < 4.78 is 11.2. The Morgan fingerprint density at radius 2 is 2.00 bits per heavy atom. The van der Waals surface area contributed by atoms with Crippen molar-refractivity contribution >= 4 is 0 Å². The van der Waals surface area contributed by atoms with E-state index in [1.165, 1.54) is 0 Å². The zero-order chi connectivity index (χ0) is 14.8. The van der Waals surface area contributed by atoms with Gasteiger partial charge in [-0.1, -0.05) is 6.07 Å². The van der Waals surface area contributed by atoms with Gasteiger partial charge >= 0.3 is 0 Å². The molecule has 1 aromatic rings. The zero-order valence-electron chi connectivity index (χ0n) is 12.9. The SMILES string of the molecule is CC1CN(CC(N)c2ccc3c(c2)OCCO3)CCN1C. The highest BCUT2D eigenvalue weighted by Crippen LogP contribution is 2.32. The summed E-state index contributed by atoms with van der Waals surface area (Å²) in [5.41, 5.74) is 7.50. The van der Waals surface area contributed by atoms with E-state index in [2.05, 4.69) is 29.8 Å². The van der Waals surface area contributed by atoms with Crippen molar-refractivity contribution in [1.29, 1.82) is 0 Å². The van der Waals surface area contributed by atoms with E-state index in [0.717, 1.165) is 43.2 Å². The Morgan fingerprint density at radius 1 is 1.24 bits per heavy atom. The van der Waals surface area contributed by atoms with Crippen LogP contribution in [0.4, 0.5) is 0 Å². The van der Waals surface area contributed by atoms with Crippen molar-refractivity contribution in [2.24, 2.45) is 5.73 Å². The number of nitrogens with two attached hydrogens (primary N) is 1. The van der Waals surface area contributed by atoms with Crippen LogP contribution in [0.5, 0.6) is 11.5 Å². The minimum Gasteiger partial charge on any atom is -0.486 e. The molecule has 2 atom stereocenters. The highest BCUT2D eigenvalue weighted by Gasteiger charge is 2.23. The van der Waals surface area contributed by atoms with Crippen LogP contribution < -0.4 is 15.2 Å². The molecule has 0 aliphatic carbocycles. The molecule has 1 aromatic carbocycles. The van der Waals surface area contributed by atoms with Crippen molar-refractivity contribution in [3.8, 4) is 11.5 Å². The summed E-state index contributed by atoms with van der Waals surface area (Å²) in [5, 5.41) is 0. The first-order chi connectivity index (χ1) is 10.1. The Hall–Kier alpha value is -1.30. The highest BCUT2D eigenvalue weighted by atomic mass is 16.6. The van der Waals surface area contributed by atoms with Gasteiger partial charge in [0.05, 0.1) is 0 Å². The summed E-state index contributed by atoms with van der Waals surface area (Å²) in [6.45, 7) is 7.65. The monoisotopic (exact) mass is 291 g/mol. The first-order valence-electron chi connectivity index (χ1n) is 7.71. The number of ether oxygens (including phenoxy) is 2. The maximum Gasteiger partial charge on any atom is 0.161 e. The van der Waals surface area contributed by atoms with Crippen molar-refractivity contribution in [2.75, 3.05) is 46.4 Å². The van der Waals surface area contributed by atoms with Crippen LogP contribution in [-0.2, 0) is 0 Å². The fourth-order valence-electron chi connectivity index (χ4n) is 2.96. The minimum absolute atomic E-state index is 0.0106. The third-order valence-electron chi connectivity index (χ3n) is 4.49. The largest absolute Gasteiger partial charge is 0.486 e. The molecular formula is C16H25N3O2. The number of rotatable bonds is 3. The maximum absolute atomic E-state index is 6.39. The van der Waals surface area contributed by atoms with Gasteiger partial charge in [-0.05, 0) is 31.7 Å². The van der Waals surface area contributed by atoms with E-state index in [-0.39, 0.29) is 6.04 Å². The lowest BCUT2D eigenvalue weighted by Gasteiger charge is -2.38. The second-order valence-corrected chi connectivity index (χ2v) is 6.10. The molecule has 1 fully saturated rings. The topological polar surface area (TPSA) is 51.0 Å². The highest BCUT2D eigenvalue weighted by molar-refractivity contribution is 5.44. The second-order valence-electron chi connectivity index (χ2n) is 6.10. The van der Waals surface area contributed by atoms with Crippen LogP contribution in [0.25, 0.3) is 0 Å². The fraction of sp³-hybridized carbons (Fsp3) is 0.625. The molecule has 0 aromatic heterocycles.